The zero-order valence-corrected chi connectivity index (χ0v) is 10.1. The number of rotatable bonds is 5. The van der Waals surface area contributed by atoms with Gasteiger partial charge >= 0.3 is 0 Å². The largest absolute Gasteiger partial charge is 0.507 e. The maximum atomic E-state index is 11.3. The predicted octanol–water partition coefficient (Wildman–Crippen LogP) is 0.759. The van der Waals surface area contributed by atoms with Gasteiger partial charge in [0.05, 0.1) is 5.56 Å². The Morgan fingerprint density at radius 2 is 2.06 bits per heavy atom. The van der Waals surface area contributed by atoms with E-state index in [9.17, 15) is 14.7 Å². The van der Waals surface area contributed by atoms with Crippen LogP contribution < -0.4 is 5.32 Å². The molecule has 0 spiro atoms. The number of benzene rings is 1. The smallest absolute Gasteiger partial charge is 0.246 e. The van der Waals surface area contributed by atoms with Gasteiger partial charge in [-0.2, -0.15) is 0 Å². The minimum atomic E-state index is -0.653. The van der Waals surface area contributed by atoms with E-state index in [1.54, 1.807) is 13.0 Å². The number of aromatic hydroxyl groups is 1. The van der Waals surface area contributed by atoms with Crippen molar-refractivity contribution in [2.75, 3.05) is 6.61 Å². The first-order valence-electron chi connectivity index (χ1n) is 5.35. The molecule has 0 heterocycles. The molecule has 0 aliphatic rings. The van der Waals surface area contributed by atoms with Crippen molar-refractivity contribution in [2.45, 2.75) is 13.5 Å². The van der Waals surface area contributed by atoms with Crippen molar-refractivity contribution in [2.24, 2.45) is 0 Å². The normalized spacial score (nSPS) is 9.89. The van der Waals surface area contributed by atoms with Crippen molar-refractivity contribution < 1.29 is 19.8 Å². The van der Waals surface area contributed by atoms with E-state index in [0.29, 0.717) is 11.1 Å². The molecule has 0 saturated carbocycles. The first kappa shape index (κ1) is 13.9. The van der Waals surface area contributed by atoms with Gasteiger partial charge in [0, 0.05) is 12.1 Å². The van der Waals surface area contributed by atoms with Crippen LogP contribution in [0.25, 0.3) is 0 Å². The summed E-state index contributed by atoms with van der Waals surface area (Å²) in [6, 6.07) is 4.39. The van der Waals surface area contributed by atoms with E-state index in [1.807, 2.05) is 0 Å². The molecule has 3 N–H and O–H groups in total. The molecule has 0 radical (unpaired) electrons. The van der Waals surface area contributed by atoms with Gasteiger partial charge in [-0.1, -0.05) is 12.6 Å². The van der Waals surface area contributed by atoms with Crippen LogP contribution in [0.3, 0.4) is 0 Å². The quantitative estimate of drug-likeness (QED) is 0.531. The third kappa shape index (κ3) is 3.43. The number of hydrogen-bond donors (Lipinski definition) is 3. The second-order valence-corrected chi connectivity index (χ2v) is 3.90. The molecule has 0 fully saturated rings. The lowest BCUT2D eigenvalue weighted by Gasteiger charge is -2.07. The average molecular weight is 249 g/mol. The fourth-order valence-corrected chi connectivity index (χ4v) is 1.34. The van der Waals surface area contributed by atoms with Gasteiger partial charge in [-0.3, -0.25) is 9.59 Å². The van der Waals surface area contributed by atoms with Crippen molar-refractivity contribution in [3.05, 3.63) is 41.5 Å². The summed E-state index contributed by atoms with van der Waals surface area (Å²) in [4.78, 5) is 22.5. The molecule has 0 aliphatic carbocycles. The summed E-state index contributed by atoms with van der Waals surface area (Å²) in [5.41, 5.74) is 1.11. The molecule has 0 aromatic heterocycles. The Hall–Kier alpha value is -2.14. The molecule has 96 valence electrons. The molecule has 1 aromatic rings. The van der Waals surface area contributed by atoms with E-state index in [4.69, 9.17) is 5.11 Å². The molecular weight excluding hydrogens is 234 g/mol. The van der Waals surface area contributed by atoms with Crippen LogP contribution in [0, 0.1) is 0 Å². The van der Waals surface area contributed by atoms with E-state index in [2.05, 4.69) is 11.9 Å². The third-order valence-corrected chi connectivity index (χ3v) is 2.35. The zero-order valence-electron chi connectivity index (χ0n) is 10.1. The number of Topliss-reactive ketones (excluding diaryl/α,β-unsaturated/α-hetero) is 1. The maximum Gasteiger partial charge on any atom is 0.246 e. The molecule has 18 heavy (non-hydrogen) atoms. The number of amides is 1. The molecule has 5 heteroatoms. The molecule has 1 rings (SSSR count). The Morgan fingerprint density at radius 1 is 1.39 bits per heavy atom. The van der Waals surface area contributed by atoms with E-state index in [0.717, 1.165) is 0 Å². The number of carbonyl (C=O) groups is 2. The number of ketones is 1. The summed E-state index contributed by atoms with van der Waals surface area (Å²) in [5.74, 6) is -1.04. The molecule has 5 nitrogen and oxygen atoms in total. The van der Waals surface area contributed by atoms with Gasteiger partial charge in [-0.25, -0.2) is 0 Å². The molecular formula is C13H15NO4. The number of nitrogens with one attached hydrogen (secondary N) is 1. The highest BCUT2D eigenvalue weighted by Gasteiger charge is 2.10. The summed E-state index contributed by atoms with van der Waals surface area (Å²) in [5, 5.41) is 20.9. The standard InChI is InChI=1S/C13H15NO4/c1-8(2)13(18)14-6-9-3-4-10(11(16)5-9)12(17)7-15/h3-5,15-16H,1,6-7H2,2H3,(H,14,18). The third-order valence-electron chi connectivity index (χ3n) is 2.35. The Bertz CT molecular complexity index is 494. The number of phenolic OH excluding ortho intramolecular Hbond substituents is 1. The van der Waals surface area contributed by atoms with Gasteiger partial charge < -0.3 is 15.5 Å². The lowest BCUT2D eigenvalue weighted by molar-refractivity contribution is -0.117. The maximum absolute atomic E-state index is 11.3. The monoisotopic (exact) mass is 249 g/mol. The molecule has 0 unspecified atom stereocenters. The summed E-state index contributed by atoms with van der Waals surface area (Å²) in [7, 11) is 0. The van der Waals surface area contributed by atoms with Gasteiger partial charge in [0.25, 0.3) is 0 Å². The predicted molar refractivity (Wildman–Crippen MR) is 66.2 cm³/mol. The second kappa shape index (κ2) is 5.97. The Balaban J connectivity index is 2.76. The number of phenols is 1. The molecule has 1 amide bonds. The Morgan fingerprint density at radius 3 is 2.56 bits per heavy atom. The lowest BCUT2D eigenvalue weighted by atomic mass is 10.1. The van der Waals surface area contributed by atoms with Crippen LogP contribution in [0.15, 0.2) is 30.4 Å². The van der Waals surface area contributed by atoms with Gasteiger partial charge in [0.15, 0.2) is 5.78 Å². The van der Waals surface area contributed by atoms with Gasteiger partial charge in [0.1, 0.15) is 12.4 Å². The van der Waals surface area contributed by atoms with Gasteiger partial charge in [-0.15, -0.1) is 0 Å². The number of aliphatic hydroxyl groups is 1. The van der Waals surface area contributed by atoms with Crippen molar-refractivity contribution in [3.63, 3.8) is 0 Å². The van der Waals surface area contributed by atoms with E-state index in [1.165, 1.54) is 12.1 Å². The van der Waals surface area contributed by atoms with Crippen LogP contribution in [0.4, 0.5) is 0 Å². The number of carbonyl (C=O) groups excluding carboxylic acids is 2. The van der Waals surface area contributed by atoms with Crippen molar-refractivity contribution >= 4 is 11.7 Å². The van der Waals surface area contributed by atoms with E-state index >= 15 is 0 Å². The van der Waals surface area contributed by atoms with Crippen molar-refractivity contribution in [3.8, 4) is 5.75 Å². The van der Waals surface area contributed by atoms with Gasteiger partial charge in [-0.05, 0) is 24.6 Å². The molecule has 0 bridgehead atoms. The van der Waals surface area contributed by atoms with Crippen LogP contribution in [-0.2, 0) is 11.3 Å². The minimum absolute atomic E-state index is 0.0625. The lowest BCUT2D eigenvalue weighted by Crippen LogP contribution is -2.23. The van der Waals surface area contributed by atoms with Crippen LogP contribution >= 0.6 is 0 Å². The number of hydrogen-bond acceptors (Lipinski definition) is 4. The van der Waals surface area contributed by atoms with E-state index in [-0.39, 0.29) is 23.8 Å². The first-order chi connectivity index (χ1) is 8.45. The summed E-state index contributed by atoms with van der Waals surface area (Å²) in [6.07, 6.45) is 0. The second-order valence-electron chi connectivity index (χ2n) is 3.90. The number of aliphatic hydroxyl groups excluding tert-OH is 1. The summed E-state index contributed by atoms with van der Waals surface area (Å²) >= 11 is 0. The van der Waals surface area contributed by atoms with Crippen LogP contribution in [-0.4, -0.2) is 28.5 Å². The first-order valence-corrected chi connectivity index (χ1v) is 5.35. The van der Waals surface area contributed by atoms with Crippen LogP contribution in [0.2, 0.25) is 0 Å². The highest BCUT2D eigenvalue weighted by molar-refractivity contribution is 5.99. The zero-order chi connectivity index (χ0) is 13.7. The minimum Gasteiger partial charge on any atom is -0.507 e. The SMILES string of the molecule is C=C(C)C(=O)NCc1ccc(C(=O)CO)c(O)c1. The Labute approximate surface area is 105 Å². The van der Waals surface area contributed by atoms with Crippen LogP contribution in [0.1, 0.15) is 22.8 Å². The van der Waals surface area contributed by atoms with Crippen molar-refractivity contribution in [1.29, 1.82) is 0 Å². The fourth-order valence-electron chi connectivity index (χ4n) is 1.34. The van der Waals surface area contributed by atoms with Crippen molar-refractivity contribution in [1.82, 2.24) is 5.32 Å². The molecule has 0 atom stereocenters. The topological polar surface area (TPSA) is 86.6 Å². The molecule has 1 aromatic carbocycles. The summed E-state index contributed by atoms with van der Waals surface area (Å²) < 4.78 is 0. The average Bonchev–Trinajstić information content (AvgIpc) is 2.34. The molecule has 0 aliphatic heterocycles. The highest BCUT2D eigenvalue weighted by atomic mass is 16.3. The Kier molecular flexibility index (Phi) is 4.62. The van der Waals surface area contributed by atoms with Gasteiger partial charge in [0.2, 0.25) is 5.91 Å². The van der Waals surface area contributed by atoms with Crippen LogP contribution in [0.5, 0.6) is 5.75 Å². The van der Waals surface area contributed by atoms with E-state index < -0.39 is 12.4 Å². The summed E-state index contributed by atoms with van der Waals surface area (Å²) in [6.45, 7) is 4.67. The molecule has 0 saturated heterocycles. The fraction of sp³-hybridized carbons (Fsp3) is 0.231. The highest BCUT2D eigenvalue weighted by Crippen LogP contribution is 2.19.